The quantitative estimate of drug-likeness (QED) is 0.274. The molecule has 1 atom stereocenters. The molecule has 4 N–H and O–H groups in total. The van der Waals surface area contributed by atoms with Crippen LogP contribution in [0.4, 0.5) is 17.5 Å². The van der Waals surface area contributed by atoms with Gasteiger partial charge in [0.2, 0.25) is 5.95 Å². The molecular weight excluding hydrogens is 498 g/mol. The summed E-state index contributed by atoms with van der Waals surface area (Å²) in [6, 6.07) is 6.28. The summed E-state index contributed by atoms with van der Waals surface area (Å²) in [5.41, 5.74) is 11.5. The van der Waals surface area contributed by atoms with E-state index in [1.54, 1.807) is 13.1 Å². The number of nitrogens with two attached hydrogens (primary N) is 1. The second-order valence-corrected chi connectivity index (χ2v) is 10.2. The van der Waals surface area contributed by atoms with Gasteiger partial charge in [-0.1, -0.05) is 12.1 Å². The summed E-state index contributed by atoms with van der Waals surface area (Å²) in [6.45, 7) is 6.48. The van der Waals surface area contributed by atoms with Gasteiger partial charge in [-0.05, 0) is 51.7 Å². The van der Waals surface area contributed by atoms with Crippen molar-refractivity contribution in [3.05, 3.63) is 42.5 Å². The van der Waals surface area contributed by atoms with E-state index >= 15 is 0 Å². The van der Waals surface area contributed by atoms with Crippen molar-refractivity contribution in [2.75, 3.05) is 17.7 Å². The number of fused-ring (bicyclic) bond motifs is 2. The molecule has 39 heavy (non-hydrogen) atoms. The lowest BCUT2D eigenvalue weighted by Crippen LogP contribution is -2.18. The van der Waals surface area contributed by atoms with Crippen LogP contribution in [0.5, 0.6) is 0 Å². The number of aliphatic carboxylic acids is 1. The number of nitrogens with one attached hydrogen (secondary N) is 1. The van der Waals surface area contributed by atoms with Crippen LogP contribution in [0.15, 0.2) is 36.8 Å². The molecule has 0 spiro atoms. The summed E-state index contributed by atoms with van der Waals surface area (Å²) in [5, 5.41) is 23.0. The van der Waals surface area contributed by atoms with E-state index in [9.17, 15) is 4.79 Å². The van der Waals surface area contributed by atoms with E-state index in [0.29, 0.717) is 28.8 Å². The number of nitrogen functional groups attached to an aromatic ring is 1. The van der Waals surface area contributed by atoms with Crippen LogP contribution in [-0.2, 0) is 16.1 Å². The summed E-state index contributed by atoms with van der Waals surface area (Å²) in [5.74, 6) is -0.322. The zero-order valence-electron chi connectivity index (χ0n) is 22.1. The second kappa shape index (κ2) is 9.70. The SMILES string of the molecule is Cc1nn(CC(=O)O)cc1Nc1nc(N)c2c(-c3cccc4c3cnn4C3CCCCO3)cn(C(C)C)c2n1. The normalized spacial score (nSPS) is 15.9. The first-order valence-electron chi connectivity index (χ1n) is 13.1. The molecule has 202 valence electrons. The highest BCUT2D eigenvalue weighted by Gasteiger charge is 2.23. The molecule has 1 aromatic carbocycles. The number of ether oxygens (including phenoxy) is 1. The number of carboxylic acid groups (broad SMARTS) is 1. The third-order valence-corrected chi connectivity index (χ3v) is 7.11. The summed E-state index contributed by atoms with van der Waals surface area (Å²) >= 11 is 0. The predicted octanol–water partition coefficient (Wildman–Crippen LogP) is 4.64. The van der Waals surface area contributed by atoms with Crippen LogP contribution in [0.25, 0.3) is 33.1 Å². The van der Waals surface area contributed by atoms with E-state index in [1.165, 1.54) is 4.68 Å². The van der Waals surface area contributed by atoms with Gasteiger partial charge in [0.15, 0.2) is 6.23 Å². The van der Waals surface area contributed by atoms with Crippen molar-refractivity contribution in [3.63, 3.8) is 0 Å². The Morgan fingerprint density at radius 2 is 2.08 bits per heavy atom. The number of carbonyl (C=O) groups is 1. The van der Waals surface area contributed by atoms with Gasteiger partial charge in [-0.3, -0.25) is 9.48 Å². The van der Waals surface area contributed by atoms with Crippen LogP contribution in [-0.4, -0.2) is 51.8 Å². The van der Waals surface area contributed by atoms with Crippen LogP contribution in [0.3, 0.4) is 0 Å². The molecule has 1 aliphatic rings. The van der Waals surface area contributed by atoms with Gasteiger partial charge in [-0.2, -0.15) is 20.2 Å². The van der Waals surface area contributed by atoms with E-state index < -0.39 is 5.97 Å². The van der Waals surface area contributed by atoms with Gasteiger partial charge in [-0.15, -0.1) is 0 Å². The van der Waals surface area contributed by atoms with Gasteiger partial charge in [-0.25, -0.2) is 4.68 Å². The Bertz CT molecular complexity index is 1690. The van der Waals surface area contributed by atoms with Gasteiger partial charge >= 0.3 is 5.97 Å². The largest absolute Gasteiger partial charge is 0.480 e. The van der Waals surface area contributed by atoms with Crippen molar-refractivity contribution in [2.45, 2.75) is 58.8 Å². The van der Waals surface area contributed by atoms with Gasteiger partial charge in [0.1, 0.15) is 18.0 Å². The van der Waals surface area contributed by atoms with Crippen LogP contribution < -0.4 is 11.1 Å². The van der Waals surface area contributed by atoms with Crippen molar-refractivity contribution in [2.24, 2.45) is 0 Å². The van der Waals surface area contributed by atoms with Crippen LogP contribution in [0.1, 0.15) is 51.1 Å². The van der Waals surface area contributed by atoms with Crippen molar-refractivity contribution in [1.82, 2.24) is 34.1 Å². The zero-order chi connectivity index (χ0) is 27.3. The average molecular weight is 530 g/mol. The van der Waals surface area contributed by atoms with E-state index in [2.05, 4.69) is 52.1 Å². The predicted molar refractivity (Wildman–Crippen MR) is 148 cm³/mol. The lowest BCUT2D eigenvalue weighted by molar-refractivity contribution is -0.137. The highest BCUT2D eigenvalue weighted by molar-refractivity contribution is 6.07. The van der Waals surface area contributed by atoms with Crippen molar-refractivity contribution in [3.8, 4) is 11.1 Å². The smallest absolute Gasteiger partial charge is 0.325 e. The monoisotopic (exact) mass is 529 g/mol. The minimum absolute atomic E-state index is 0.0612. The third kappa shape index (κ3) is 4.46. The van der Waals surface area contributed by atoms with Crippen molar-refractivity contribution in [1.29, 1.82) is 0 Å². The Balaban J connectivity index is 1.44. The van der Waals surface area contributed by atoms with Crippen LogP contribution >= 0.6 is 0 Å². The number of benzene rings is 1. The van der Waals surface area contributed by atoms with Gasteiger partial charge in [0.05, 0.1) is 28.5 Å². The minimum Gasteiger partial charge on any atom is -0.480 e. The van der Waals surface area contributed by atoms with E-state index in [4.69, 9.17) is 25.7 Å². The summed E-state index contributed by atoms with van der Waals surface area (Å²) in [4.78, 5) is 20.5. The molecule has 0 amide bonds. The van der Waals surface area contributed by atoms with E-state index in [0.717, 1.165) is 53.3 Å². The number of rotatable bonds is 7. The average Bonchev–Trinajstić information content (AvgIpc) is 3.59. The second-order valence-electron chi connectivity index (χ2n) is 10.2. The molecule has 0 radical (unpaired) electrons. The van der Waals surface area contributed by atoms with Gasteiger partial charge < -0.3 is 25.5 Å². The molecule has 5 heterocycles. The number of anilines is 3. The molecule has 5 aromatic rings. The fourth-order valence-corrected chi connectivity index (χ4v) is 5.26. The zero-order valence-corrected chi connectivity index (χ0v) is 22.1. The molecule has 12 heteroatoms. The molecule has 12 nitrogen and oxygen atoms in total. The first-order valence-corrected chi connectivity index (χ1v) is 13.1. The fourth-order valence-electron chi connectivity index (χ4n) is 5.26. The Morgan fingerprint density at radius 1 is 1.23 bits per heavy atom. The Labute approximate surface area is 224 Å². The Morgan fingerprint density at radius 3 is 2.82 bits per heavy atom. The lowest BCUT2D eigenvalue weighted by atomic mass is 10.0. The first kappa shape index (κ1) is 24.9. The number of hydrogen-bond donors (Lipinski definition) is 3. The number of aryl methyl sites for hydroxylation is 1. The number of aromatic nitrogens is 7. The topological polar surface area (TPSA) is 151 Å². The van der Waals surface area contributed by atoms with E-state index in [1.807, 2.05) is 16.9 Å². The third-order valence-electron chi connectivity index (χ3n) is 7.11. The Kier molecular flexibility index (Phi) is 6.18. The maximum Gasteiger partial charge on any atom is 0.325 e. The molecule has 1 unspecified atom stereocenters. The molecule has 0 aliphatic carbocycles. The number of carboxylic acids is 1. The highest BCUT2D eigenvalue weighted by atomic mass is 16.5. The number of nitrogens with zero attached hydrogens (tertiary/aromatic N) is 7. The maximum atomic E-state index is 11.1. The highest BCUT2D eigenvalue weighted by Crippen LogP contribution is 2.39. The lowest BCUT2D eigenvalue weighted by Gasteiger charge is -2.23. The molecule has 1 saturated heterocycles. The Hall–Kier alpha value is -4.45. The van der Waals surface area contributed by atoms with Crippen LogP contribution in [0.2, 0.25) is 0 Å². The van der Waals surface area contributed by atoms with Crippen molar-refractivity contribution >= 4 is 45.4 Å². The van der Waals surface area contributed by atoms with Crippen molar-refractivity contribution < 1.29 is 14.6 Å². The number of hydrogen-bond acceptors (Lipinski definition) is 8. The summed E-state index contributed by atoms with van der Waals surface area (Å²) in [7, 11) is 0. The molecule has 6 rings (SSSR count). The fraction of sp³-hybridized carbons (Fsp3) is 0.370. The first-order chi connectivity index (χ1) is 18.8. The summed E-state index contributed by atoms with van der Waals surface area (Å²) in [6.07, 6.45) is 8.67. The molecule has 1 aliphatic heterocycles. The molecule has 1 fully saturated rings. The van der Waals surface area contributed by atoms with E-state index in [-0.39, 0.29) is 18.8 Å². The minimum atomic E-state index is -0.972. The summed E-state index contributed by atoms with van der Waals surface area (Å²) < 4.78 is 11.4. The molecule has 0 bridgehead atoms. The molecule has 0 saturated carbocycles. The maximum absolute atomic E-state index is 11.1. The standard InChI is InChI=1S/C27H31N9O3/c1-15(2)35-12-19(17-7-6-8-21-18(17)11-29-36(21)22-9-4-5-10-39-22)24-25(28)31-27(32-26(24)35)30-20-13-34(14-23(37)38)33-16(20)3/h6-8,11-13,15,22H,4-5,9-10,14H2,1-3H3,(H,37,38)(H3,28,30,31,32). The molecule has 4 aromatic heterocycles. The van der Waals surface area contributed by atoms with Crippen LogP contribution in [0, 0.1) is 6.92 Å². The molecular formula is C27H31N9O3. The van der Waals surface area contributed by atoms with Gasteiger partial charge in [0.25, 0.3) is 0 Å². The van der Waals surface area contributed by atoms with Gasteiger partial charge in [0, 0.05) is 36.0 Å².